The number of carbonyl (C=O) groups is 1. The van der Waals surface area contributed by atoms with Crippen LogP contribution in [0, 0.1) is 18.3 Å². The second-order valence-corrected chi connectivity index (χ2v) is 5.94. The number of benzene rings is 1. The lowest BCUT2D eigenvalue weighted by Crippen LogP contribution is -2.13. The molecule has 0 spiro atoms. The van der Waals surface area contributed by atoms with Crippen molar-refractivity contribution in [3.05, 3.63) is 58.8 Å². The molecule has 2 aromatic rings. The number of aryl methyl sites for hydroxylation is 1. The smallest absolute Gasteiger partial charge is 0.417 e. The zero-order chi connectivity index (χ0) is 17.9. The molecule has 4 nitrogen and oxygen atoms in total. The van der Waals surface area contributed by atoms with Crippen molar-refractivity contribution < 1.29 is 23.1 Å². The molecule has 0 aliphatic rings. The van der Waals surface area contributed by atoms with E-state index in [1.807, 2.05) is 0 Å². The molecule has 0 amide bonds. The Hall–Kier alpha value is -2.53. The average Bonchev–Trinajstić information content (AvgIpc) is 2.51. The third-order valence-electron chi connectivity index (χ3n) is 3.09. The lowest BCUT2D eigenvalue weighted by atomic mass is 10.1. The summed E-state index contributed by atoms with van der Waals surface area (Å²) in [5, 5.41) is 17.1. The number of nitrogens with zero attached hydrogens (tertiary/aromatic N) is 2. The second-order valence-electron chi connectivity index (χ2n) is 4.85. The van der Waals surface area contributed by atoms with Gasteiger partial charge < -0.3 is 5.11 Å². The van der Waals surface area contributed by atoms with E-state index >= 15 is 0 Å². The summed E-state index contributed by atoms with van der Waals surface area (Å²) in [6, 6.07) is 10.3. The van der Waals surface area contributed by atoms with Gasteiger partial charge in [0.2, 0.25) is 0 Å². The van der Waals surface area contributed by atoms with Crippen LogP contribution in [0.2, 0.25) is 0 Å². The normalized spacial score (nSPS) is 12.5. The van der Waals surface area contributed by atoms with Crippen LogP contribution in [-0.4, -0.2) is 16.1 Å². The van der Waals surface area contributed by atoms with E-state index in [0.29, 0.717) is 17.3 Å². The fraction of sp³-hybridized carbons (Fsp3) is 0.188. The number of hydrogen-bond acceptors (Lipinski definition) is 4. The number of halogens is 3. The molecule has 0 aliphatic heterocycles. The molecule has 124 valence electrons. The van der Waals surface area contributed by atoms with Crippen molar-refractivity contribution in [2.45, 2.75) is 23.4 Å². The first-order valence-electron chi connectivity index (χ1n) is 6.67. The Bertz CT molecular complexity index is 801. The first-order valence-corrected chi connectivity index (χ1v) is 7.55. The van der Waals surface area contributed by atoms with Gasteiger partial charge in [-0.3, -0.25) is 4.79 Å². The van der Waals surface area contributed by atoms with Gasteiger partial charge in [0.15, 0.2) is 0 Å². The van der Waals surface area contributed by atoms with Crippen LogP contribution in [0.1, 0.15) is 27.6 Å². The maximum absolute atomic E-state index is 13.1. The molecule has 8 heteroatoms. The number of hydrogen-bond donors (Lipinski definition) is 1. The minimum Gasteiger partial charge on any atom is -0.480 e. The summed E-state index contributed by atoms with van der Waals surface area (Å²) in [6.45, 7) is 1.36. The quantitative estimate of drug-likeness (QED) is 0.835. The molecule has 0 saturated carbocycles. The molecule has 1 atom stereocenters. The number of rotatable bonds is 4. The van der Waals surface area contributed by atoms with Gasteiger partial charge in [0.05, 0.1) is 11.1 Å². The molecule has 2 rings (SSSR count). The van der Waals surface area contributed by atoms with Gasteiger partial charge in [-0.2, -0.15) is 18.4 Å². The summed E-state index contributed by atoms with van der Waals surface area (Å²) in [5.41, 5.74) is -1.32. The fourth-order valence-corrected chi connectivity index (χ4v) is 3.15. The number of thioether (sulfide) groups is 1. The number of alkyl halides is 3. The van der Waals surface area contributed by atoms with E-state index in [-0.39, 0.29) is 10.7 Å². The van der Waals surface area contributed by atoms with Gasteiger partial charge in [0.25, 0.3) is 0 Å². The molecule has 0 saturated heterocycles. The Morgan fingerprint density at radius 3 is 2.46 bits per heavy atom. The average molecular weight is 352 g/mol. The monoisotopic (exact) mass is 352 g/mol. The Labute approximate surface area is 140 Å². The highest BCUT2D eigenvalue weighted by molar-refractivity contribution is 8.00. The van der Waals surface area contributed by atoms with Gasteiger partial charge >= 0.3 is 12.1 Å². The molecule has 1 N–H and O–H groups in total. The number of aromatic nitrogens is 1. The molecular formula is C16H11F3N2O2S. The Balaban J connectivity index is 2.54. The van der Waals surface area contributed by atoms with E-state index < -0.39 is 28.5 Å². The molecule has 0 aliphatic carbocycles. The maximum atomic E-state index is 13.1. The van der Waals surface area contributed by atoms with Crippen LogP contribution in [0.4, 0.5) is 13.2 Å². The second kappa shape index (κ2) is 6.93. The van der Waals surface area contributed by atoms with Crippen molar-refractivity contribution in [2.75, 3.05) is 0 Å². The SMILES string of the molecule is Cc1cc(C(F)(F)F)c(C#N)c(S[C@@H](C(=O)O)c2ccccc2)n1. The number of aliphatic carboxylic acids is 1. The van der Waals surface area contributed by atoms with E-state index in [2.05, 4.69) is 4.98 Å². The zero-order valence-corrected chi connectivity index (χ0v) is 13.1. The minimum absolute atomic E-state index is 0.0565. The first kappa shape index (κ1) is 17.8. The minimum atomic E-state index is -4.72. The summed E-state index contributed by atoms with van der Waals surface area (Å²) in [6.07, 6.45) is -4.72. The molecule has 0 radical (unpaired) electrons. The van der Waals surface area contributed by atoms with Gasteiger partial charge in [-0.1, -0.05) is 42.1 Å². The van der Waals surface area contributed by atoms with Gasteiger partial charge in [0, 0.05) is 5.69 Å². The Morgan fingerprint density at radius 1 is 1.33 bits per heavy atom. The van der Waals surface area contributed by atoms with Crippen LogP contribution in [0.25, 0.3) is 0 Å². The van der Waals surface area contributed by atoms with Crippen LogP contribution in [0.15, 0.2) is 41.4 Å². The summed E-state index contributed by atoms with van der Waals surface area (Å²) >= 11 is 0.612. The van der Waals surface area contributed by atoms with Crippen LogP contribution in [0.5, 0.6) is 0 Å². The van der Waals surface area contributed by atoms with Gasteiger partial charge in [-0.05, 0) is 18.6 Å². The van der Waals surface area contributed by atoms with E-state index in [1.165, 1.54) is 13.0 Å². The highest BCUT2D eigenvalue weighted by Gasteiger charge is 2.36. The standard InChI is InChI=1S/C16H11F3N2O2S/c1-9-7-12(16(17,18)19)11(8-20)14(21-9)24-13(15(22)23)10-5-3-2-4-6-10/h2-7,13H,1H3,(H,22,23)/t13-/m1/s1. The van der Waals surface area contributed by atoms with Crippen LogP contribution < -0.4 is 0 Å². The van der Waals surface area contributed by atoms with Crippen LogP contribution >= 0.6 is 11.8 Å². The third-order valence-corrected chi connectivity index (χ3v) is 4.32. The molecule has 24 heavy (non-hydrogen) atoms. The van der Waals surface area contributed by atoms with Crippen molar-refractivity contribution in [3.8, 4) is 6.07 Å². The predicted molar refractivity (Wildman–Crippen MR) is 81.4 cm³/mol. The number of carboxylic acid groups (broad SMARTS) is 1. The largest absolute Gasteiger partial charge is 0.480 e. The van der Waals surface area contributed by atoms with E-state index in [9.17, 15) is 23.1 Å². The molecule has 1 aromatic heterocycles. The number of nitriles is 1. The van der Waals surface area contributed by atoms with Gasteiger partial charge in [-0.25, -0.2) is 4.98 Å². The van der Waals surface area contributed by atoms with Gasteiger partial charge in [0.1, 0.15) is 16.3 Å². The maximum Gasteiger partial charge on any atom is 0.417 e. The van der Waals surface area contributed by atoms with Crippen molar-refractivity contribution in [1.82, 2.24) is 4.98 Å². The predicted octanol–water partition coefficient (Wildman–Crippen LogP) is 4.20. The summed E-state index contributed by atoms with van der Waals surface area (Å²) in [4.78, 5) is 15.5. The lowest BCUT2D eigenvalue weighted by molar-refractivity contribution is -0.138. The molecule has 0 unspecified atom stereocenters. The Kier molecular flexibility index (Phi) is 5.14. The van der Waals surface area contributed by atoms with Crippen LogP contribution in [0.3, 0.4) is 0 Å². The van der Waals surface area contributed by atoms with E-state index in [1.54, 1.807) is 30.3 Å². The van der Waals surface area contributed by atoms with Gasteiger partial charge in [-0.15, -0.1) is 0 Å². The molecule has 0 bridgehead atoms. The highest BCUT2D eigenvalue weighted by atomic mass is 32.2. The van der Waals surface area contributed by atoms with Crippen molar-refractivity contribution in [3.63, 3.8) is 0 Å². The molecule has 0 fully saturated rings. The number of pyridine rings is 1. The zero-order valence-electron chi connectivity index (χ0n) is 12.3. The third kappa shape index (κ3) is 3.86. The molecule has 1 aromatic carbocycles. The van der Waals surface area contributed by atoms with Crippen molar-refractivity contribution in [2.24, 2.45) is 0 Å². The Morgan fingerprint density at radius 2 is 1.96 bits per heavy atom. The molecule has 1 heterocycles. The lowest BCUT2D eigenvalue weighted by Gasteiger charge is -2.16. The van der Waals surface area contributed by atoms with E-state index in [0.717, 1.165) is 6.07 Å². The van der Waals surface area contributed by atoms with Crippen molar-refractivity contribution >= 4 is 17.7 Å². The topological polar surface area (TPSA) is 74.0 Å². The first-order chi connectivity index (χ1) is 11.2. The fourth-order valence-electron chi connectivity index (χ4n) is 2.06. The van der Waals surface area contributed by atoms with E-state index in [4.69, 9.17) is 5.26 Å². The van der Waals surface area contributed by atoms with Crippen LogP contribution in [-0.2, 0) is 11.0 Å². The summed E-state index contributed by atoms with van der Waals surface area (Å²) in [5.74, 6) is -1.23. The summed E-state index contributed by atoms with van der Waals surface area (Å²) < 4.78 is 39.3. The van der Waals surface area contributed by atoms with Crippen molar-refractivity contribution in [1.29, 1.82) is 5.26 Å². The highest BCUT2D eigenvalue weighted by Crippen LogP contribution is 2.40. The molecular weight excluding hydrogens is 341 g/mol. The number of carboxylic acids is 1. The summed E-state index contributed by atoms with van der Waals surface area (Å²) in [7, 11) is 0.